The summed E-state index contributed by atoms with van der Waals surface area (Å²) in [6.07, 6.45) is 5.21. The van der Waals surface area contributed by atoms with Crippen LogP contribution >= 0.6 is 0 Å². The molecule has 1 aromatic carbocycles. The Kier molecular flexibility index (Phi) is 5.73. The third-order valence-corrected chi connectivity index (χ3v) is 4.31. The third kappa shape index (κ3) is 4.75. The van der Waals surface area contributed by atoms with E-state index in [1.165, 1.54) is 24.3 Å². The Balaban J connectivity index is 1.41. The van der Waals surface area contributed by atoms with Crippen molar-refractivity contribution in [1.29, 1.82) is 0 Å². The zero-order valence-electron chi connectivity index (χ0n) is 14.2. The summed E-state index contributed by atoms with van der Waals surface area (Å²) < 4.78 is 12.8. The lowest BCUT2D eigenvalue weighted by Crippen LogP contribution is -2.42. The van der Waals surface area contributed by atoms with Gasteiger partial charge in [-0.05, 0) is 49.1 Å². The second-order valence-electron chi connectivity index (χ2n) is 6.15. The maximum atomic E-state index is 12.8. The maximum absolute atomic E-state index is 12.8. The van der Waals surface area contributed by atoms with Crippen molar-refractivity contribution < 1.29 is 14.0 Å². The highest BCUT2D eigenvalue weighted by molar-refractivity contribution is 6.39. The quantitative estimate of drug-likeness (QED) is 0.812. The Morgan fingerprint density at radius 3 is 2.38 bits per heavy atom. The lowest BCUT2D eigenvalue weighted by molar-refractivity contribution is -0.136. The van der Waals surface area contributed by atoms with Gasteiger partial charge in [-0.2, -0.15) is 0 Å². The molecule has 2 aromatic rings. The number of anilines is 2. The fraction of sp³-hybridized carbons (Fsp3) is 0.333. The lowest BCUT2D eigenvalue weighted by Gasteiger charge is -2.31. The summed E-state index contributed by atoms with van der Waals surface area (Å²) in [5.41, 5.74) is 0.378. The van der Waals surface area contributed by atoms with Gasteiger partial charge in [0.2, 0.25) is 5.95 Å². The molecule has 0 saturated carbocycles. The number of rotatable bonds is 4. The van der Waals surface area contributed by atoms with E-state index in [1.807, 2.05) is 0 Å². The van der Waals surface area contributed by atoms with Crippen LogP contribution in [0.2, 0.25) is 0 Å². The number of hydrogen-bond acceptors (Lipinski definition) is 5. The second kappa shape index (κ2) is 8.37. The van der Waals surface area contributed by atoms with Gasteiger partial charge in [-0.3, -0.25) is 9.59 Å². The summed E-state index contributed by atoms with van der Waals surface area (Å²) in [7, 11) is 0. The van der Waals surface area contributed by atoms with Gasteiger partial charge in [-0.15, -0.1) is 0 Å². The topological polar surface area (TPSA) is 87.2 Å². The molecule has 0 unspecified atom stereocenters. The van der Waals surface area contributed by atoms with Crippen LogP contribution in [0.15, 0.2) is 42.7 Å². The molecule has 2 heterocycles. The van der Waals surface area contributed by atoms with Crippen LogP contribution in [-0.4, -0.2) is 41.4 Å². The molecule has 0 spiro atoms. The SMILES string of the molecule is O=C(NCC1CCN(c2ncccn2)CC1)C(=O)Nc1ccc(F)cc1. The molecule has 0 radical (unpaired) electrons. The minimum atomic E-state index is -0.758. The standard InChI is InChI=1S/C18H20FN5O2/c19-14-2-4-15(5-3-14)23-17(26)16(25)22-12-13-6-10-24(11-7-13)18-20-8-1-9-21-18/h1-5,8-9,13H,6-7,10-12H2,(H,22,25)(H,23,26). The zero-order chi connectivity index (χ0) is 18.4. The Bertz CT molecular complexity index is 746. The van der Waals surface area contributed by atoms with Crippen LogP contribution in [0.3, 0.4) is 0 Å². The van der Waals surface area contributed by atoms with Crippen molar-refractivity contribution >= 4 is 23.5 Å². The van der Waals surface area contributed by atoms with Gasteiger partial charge in [0.05, 0.1) is 0 Å². The van der Waals surface area contributed by atoms with Crippen LogP contribution in [0.25, 0.3) is 0 Å². The van der Waals surface area contributed by atoms with Gasteiger partial charge in [0, 0.05) is 37.7 Å². The van der Waals surface area contributed by atoms with Crippen LogP contribution in [0, 0.1) is 11.7 Å². The van der Waals surface area contributed by atoms with Crippen molar-refractivity contribution in [2.75, 3.05) is 29.9 Å². The Morgan fingerprint density at radius 2 is 1.73 bits per heavy atom. The number of nitrogens with zero attached hydrogens (tertiary/aromatic N) is 3. The predicted molar refractivity (Wildman–Crippen MR) is 95.0 cm³/mol. The van der Waals surface area contributed by atoms with E-state index in [-0.39, 0.29) is 0 Å². The third-order valence-electron chi connectivity index (χ3n) is 4.31. The van der Waals surface area contributed by atoms with Gasteiger partial charge in [0.25, 0.3) is 0 Å². The highest BCUT2D eigenvalue weighted by atomic mass is 19.1. The molecule has 1 aromatic heterocycles. The average molecular weight is 357 g/mol. The van der Waals surface area contributed by atoms with Gasteiger partial charge in [-0.25, -0.2) is 14.4 Å². The monoisotopic (exact) mass is 357 g/mol. The van der Waals surface area contributed by atoms with E-state index in [9.17, 15) is 14.0 Å². The molecule has 8 heteroatoms. The fourth-order valence-electron chi connectivity index (χ4n) is 2.83. The summed E-state index contributed by atoms with van der Waals surface area (Å²) >= 11 is 0. The Labute approximate surface area is 150 Å². The van der Waals surface area contributed by atoms with Crippen LogP contribution in [0.1, 0.15) is 12.8 Å². The van der Waals surface area contributed by atoms with E-state index >= 15 is 0 Å². The normalized spacial score (nSPS) is 14.7. The number of nitrogens with one attached hydrogen (secondary N) is 2. The molecule has 136 valence electrons. The second-order valence-corrected chi connectivity index (χ2v) is 6.15. The average Bonchev–Trinajstić information content (AvgIpc) is 2.69. The molecule has 2 amide bonds. The Hall–Kier alpha value is -3.03. The zero-order valence-corrected chi connectivity index (χ0v) is 14.2. The Morgan fingerprint density at radius 1 is 1.08 bits per heavy atom. The highest BCUT2D eigenvalue weighted by Gasteiger charge is 2.22. The molecule has 0 bridgehead atoms. The summed E-state index contributed by atoms with van der Waals surface area (Å²) in [6.45, 7) is 2.07. The molecule has 1 fully saturated rings. The summed E-state index contributed by atoms with van der Waals surface area (Å²) in [6, 6.07) is 7.03. The molecule has 1 aliphatic heterocycles. The first kappa shape index (κ1) is 17.8. The van der Waals surface area contributed by atoms with Crippen molar-refractivity contribution in [3.05, 3.63) is 48.5 Å². The first-order chi connectivity index (χ1) is 12.6. The lowest BCUT2D eigenvalue weighted by atomic mass is 9.97. The molecule has 3 rings (SSSR count). The predicted octanol–water partition coefficient (Wildman–Crippen LogP) is 1.59. The van der Waals surface area contributed by atoms with Gasteiger partial charge in [0.1, 0.15) is 5.82 Å². The van der Waals surface area contributed by atoms with E-state index in [0.29, 0.717) is 24.1 Å². The van der Waals surface area contributed by atoms with Gasteiger partial charge in [0.15, 0.2) is 0 Å². The molecule has 7 nitrogen and oxygen atoms in total. The summed E-state index contributed by atoms with van der Waals surface area (Å²) in [5.74, 6) is -0.833. The van der Waals surface area contributed by atoms with Crippen LogP contribution < -0.4 is 15.5 Å². The molecular formula is C18H20FN5O2. The molecule has 2 N–H and O–H groups in total. The molecular weight excluding hydrogens is 337 g/mol. The largest absolute Gasteiger partial charge is 0.348 e. The van der Waals surface area contributed by atoms with Crippen molar-refractivity contribution in [3.63, 3.8) is 0 Å². The molecule has 1 saturated heterocycles. The van der Waals surface area contributed by atoms with Crippen molar-refractivity contribution in [2.45, 2.75) is 12.8 Å². The van der Waals surface area contributed by atoms with E-state index in [0.717, 1.165) is 25.9 Å². The van der Waals surface area contributed by atoms with Crippen LogP contribution in [0.5, 0.6) is 0 Å². The molecule has 1 aliphatic rings. The summed E-state index contributed by atoms with van der Waals surface area (Å²) in [5, 5.41) is 5.11. The fourth-order valence-corrected chi connectivity index (χ4v) is 2.83. The van der Waals surface area contributed by atoms with Gasteiger partial charge >= 0.3 is 11.8 Å². The number of amides is 2. The molecule has 26 heavy (non-hydrogen) atoms. The smallest absolute Gasteiger partial charge is 0.313 e. The number of carbonyl (C=O) groups excluding carboxylic acids is 2. The van der Waals surface area contributed by atoms with Crippen LogP contribution in [-0.2, 0) is 9.59 Å². The maximum Gasteiger partial charge on any atom is 0.313 e. The van der Waals surface area contributed by atoms with E-state index in [1.54, 1.807) is 18.5 Å². The number of aromatic nitrogens is 2. The number of piperidine rings is 1. The number of carbonyl (C=O) groups is 2. The number of benzene rings is 1. The van der Waals surface area contributed by atoms with Crippen LogP contribution in [0.4, 0.5) is 16.0 Å². The first-order valence-electron chi connectivity index (χ1n) is 8.48. The molecule has 0 atom stereocenters. The summed E-state index contributed by atoms with van der Waals surface area (Å²) in [4.78, 5) is 34.4. The van der Waals surface area contributed by atoms with Crippen molar-refractivity contribution in [3.8, 4) is 0 Å². The van der Waals surface area contributed by atoms with E-state index < -0.39 is 17.6 Å². The minimum Gasteiger partial charge on any atom is -0.348 e. The van der Waals surface area contributed by atoms with E-state index in [2.05, 4.69) is 25.5 Å². The highest BCUT2D eigenvalue weighted by Crippen LogP contribution is 2.19. The minimum absolute atomic E-state index is 0.303. The van der Waals surface area contributed by atoms with Crippen molar-refractivity contribution in [1.82, 2.24) is 15.3 Å². The number of halogens is 1. The molecule has 0 aliphatic carbocycles. The van der Waals surface area contributed by atoms with Crippen molar-refractivity contribution in [2.24, 2.45) is 5.92 Å². The van der Waals surface area contributed by atoms with E-state index in [4.69, 9.17) is 0 Å². The number of hydrogen-bond donors (Lipinski definition) is 2. The van der Waals surface area contributed by atoms with Gasteiger partial charge < -0.3 is 15.5 Å². The first-order valence-corrected chi connectivity index (χ1v) is 8.48. The van der Waals surface area contributed by atoms with Gasteiger partial charge in [-0.1, -0.05) is 0 Å².